The van der Waals surface area contributed by atoms with Crippen LogP contribution in [0.4, 0.5) is 0 Å². The van der Waals surface area contributed by atoms with E-state index in [4.69, 9.17) is 15.2 Å². The molecule has 0 amide bonds. The molecule has 144 valence electrons. The van der Waals surface area contributed by atoms with Crippen LogP contribution in [-0.4, -0.2) is 25.6 Å². The lowest BCUT2D eigenvalue weighted by Crippen LogP contribution is -2.05. The SMILES string of the molecule is CC.CC(N)c1cccc(OCC2CC2)c1.SCCOCCC1CC1. The van der Waals surface area contributed by atoms with Crippen molar-refractivity contribution in [2.45, 2.75) is 58.9 Å². The van der Waals surface area contributed by atoms with Gasteiger partial charge in [-0.15, -0.1) is 0 Å². The fraction of sp³-hybridized carbons (Fsp3) is 0.714. The first-order valence-electron chi connectivity index (χ1n) is 9.86. The average Bonchev–Trinajstić information content (AvgIpc) is 3.55. The zero-order chi connectivity index (χ0) is 18.5. The molecule has 1 unspecified atom stereocenters. The smallest absolute Gasteiger partial charge is 0.119 e. The largest absolute Gasteiger partial charge is 0.493 e. The summed E-state index contributed by atoms with van der Waals surface area (Å²) in [6.45, 7) is 8.61. The van der Waals surface area contributed by atoms with Crippen LogP contribution >= 0.6 is 12.6 Å². The van der Waals surface area contributed by atoms with Gasteiger partial charge in [-0.25, -0.2) is 0 Å². The van der Waals surface area contributed by atoms with Crippen LogP contribution in [0, 0.1) is 11.8 Å². The Morgan fingerprint density at radius 2 is 1.80 bits per heavy atom. The number of hydrogen-bond donors (Lipinski definition) is 2. The molecule has 2 aliphatic carbocycles. The van der Waals surface area contributed by atoms with Crippen LogP contribution in [0.15, 0.2) is 24.3 Å². The maximum atomic E-state index is 5.80. The van der Waals surface area contributed by atoms with Crippen LogP contribution in [0.3, 0.4) is 0 Å². The van der Waals surface area contributed by atoms with Crippen LogP contribution < -0.4 is 10.5 Å². The van der Waals surface area contributed by atoms with Crippen LogP contribution in [0.5, 0.6) is 5.75 Å². The predicted octanol–water partition coefficient (Wildman–Crippen LogP) is 5.25. The van der Waals surface area contributed by atoms with Crippen LogP contribution in [0.1, 0.15) is 64.5 Å². The van der Waals surface area contributed by atoms with E-state index in [2.05, 4.69) is 12.6 Å². The van der Waals surface area contributed by atoms with Gasteiger partial charge >= 0.3 is 0 Å². The molecule has 0 aromatic heterocycles. The van der Waals surface area contributed by atoms with E-state index in [-0.39, 0.29) is 6.04 Å². The molecular weight excluding hydrogens is 330 g/mol. The van der Waals surface area contributed by atoms with E-state index < -0.39 is 0 Å². The van der Waals surface area contributed by atoms with Crippen molar-refractivity contribution in [3.8, 4) is 5.75 Å². The van der Waals surface area contributed by atoms with Gasteiger partial charge in [0.25, 0.3) is 0 Å². The number of benzene rings is 1. The molecule has 4 heteroatoms. The molecule has 25 heavy (non-hydrogen) atoms. The van der Waals surface area contributed by atoms with Gasteiger partial charge in [-0.2, -0.15) is 12.6 Å². The first-order valence-corrected chi connectivity index (χ1v) is 10.5. The fourth-order valence-corrected chi connectivity index (χ4v) is 2.34. The van der Waals surface area contributed by atoms with Gasteiger partial charge in [-0.1, -0.05) is 38.8 Å². The van der Waals surface area contributed by atoms with Crippen molar-refractivity contribution >= 4 is 12.6 Å². The molecule has 3 rings (SSSR count). The number of thiol groups is 1. The Kier molecular flexibility index (Phi) is 12.0. The third kappa shape index (κ3) is 11.5. The van der Waals surface area contributed by atoms with E-state index in [1.165, 1.54) is 32.1 Å². The van der Waals surface area contributed by atoms with Crippen LogP contribution in [0.25, 0.3) is 0 Å². The molecule has 0 radical (unpaired) electrons. The number of hydrogen-bond acceptors (Lipinski definition) is 4. The Morgan fingerprint density at radius 3 is 2.36 bits per heavy atom. The summed E-state index contributed by atoms with van der Waals surface area (Å²) >= 11 is 4.04. The number of nitrogens with two attached hydrogens (primary N) is 1. The van der Waals surface area contributed by atoms with E-state index >= 15 is 0 Å². The molecule has 0 heterocycles. The molecule has 1 aromatic carbocycles. The average molecular weight is 368 g/mol. The Morgan fingerprint density at radius 1 is 1.12 bits per heavy atom. The van der Waals surface area contributed by atoms with Gasteiger partial charge in [-0.3, -0.25) is 0 Å². The monoisotopic (exact) mass is 367 g/mol. The highest BCUT2D eigenvalue weighted by Gasteiger charge is 2.22. The highest BCUT2D eigenvalue weighted by molar-refractivity contribution is 7.80. The summed E-state index contributed by atoms with van der Waals surface area (Å²) in [5.74, 6) is 3.61. The number of ether oxygens (including phenoxy) is 2. The molecule has 0 spiro atoms. The Labute approximate surface area is 160 Å². The Bertz CT molecular complexity index is 445. The third-order valence-corrected chi connectivity index (χ3v) is 4.35. The summed E-state index contributed by atoms with van der Waals surface area (Å²) in [6, 6.07) is 8.15. The van der Waals surface area contributed by atoms with Gasteiger partial charge in [0, 0.05) is 18.4 Å². The van der Waals surface area contributed by atoms with Gasteiger partial charge in [0.2, 0.25) is 0 Å². The second kappa shape index (κ2) is 13.5. The van der Waals surface area contributed by atoms with E-state index in [1.807, 2.05) is 45.0 Å². The molecule has 2 aliphatic rings. The van der Waals surface area contributed by atoms with E-state index in [0.717, 1.165) is 48.7 Å². The van der Waals surface area contributed by atoms with Crippen molar-refractivity contribution in [1.82, 2.24) is 0 Å². The van der Waals surface area contributed by atoms with Crippen molar-refractivity contribution in [3.63, 3.8) is 0 Å². The second-order valence-electron chi connectivity index (χ2n) is 6.68. The summed E-state index contributed by atoms with van der Waals surface area (Å²) in [5, 5.41) is 0. The van der Waals surface area contributed by atoms with Gasteiger partial charge < -0.3 is 15.2 Å². The third-order valence-electron chi connectivity index (χ3n) is 4.17. The van der Waals surface area contributed by atoms with Crippen molar-refractivity contribution in [2.24, 2.45) is 17.6 Å². The van der Waals surface area contributed by atoms with Crippen molar-refractivity contribution in [3.05, 3.63) is 29.8 Å². The molecule has 2 N–H and O–H groups in total. The maximum absolute atomic E-state index is 5.80. The molecule has 0 bridgehead atoms. The molecule has 1 aromatic rings. The molecule has 3 nitrogen and oxygen atoms in total. The number of rotatable bonds is 9. The Balaban J connectivity index is 0.000000246. The van der Waals surface area contributed by atoms with E-state index in [9.17, 15) is 0 Å². The summed E-state index contributed by atoms with van der Waals surface area (Å²) in [6.07, 6.45) is 6.79. The standard InChI is InChI=1S/C12H17NO.C7H14OS.C2H6/c1-9(13)11-3-2-4-12(7-11)14-8-10-5-6-10;9-6-5-8-4-3-7-1-2-7;1-2/h2-4,7,9-10H,5-6,8,13H2,1H3;7,9H,1-6H2;1-2H3. The lowest BCUT2D eigenvalue weighted by Gasteiger charge is -2.09. The van der Waals surface area contributed by atoms with Gasteiger partial charge in [-0.05, 0) is 55.7 Å². The molecule has 0 saturated heterocycles. The van der Waals surface area contributed by atoms with Gasteiger partial charge in [0.15, 0.2) is 0 Å². The topological polar surface area (TPSA) is 44.5 Å². The van der Waals surface area contributed by atoms with Crippen LogP contribution in [0.2, 0.25) is 0 Å². The van der Waals surface area contributed by atoms with Crippen molar-refractivity contribution in [2.75, 3.05) is 25.6 Å². The minimum absolute atomic E-state index is 0.0828. The molecular formula is C21H37NO2S. The van der Waals surface area contributed by atoms with Crippen molar-refractivity contribution < 1.29 is 9.47 Å². The minimum Gasteiger partial charge on any atom is -0.493 e. The summed E-state index contributed by atoms with van der Waals surface area (Å²) in [7, 11) is 0. The summed E-state index contributed by atoms with van der Waals surface area (Å²) in [5.41, 5.74) is 6.93. The lowest BCUT2D eigenvalue weighted by atomic mass is 10.1. The Hall–Kier alpha value is -0.710. The quantitative estimate of drug-likeness (QED) is 0.462. The predicted molar refractivity (Wildman–Crippen MR) is 111 cm³/mol. The lowest BCUT2D eigenvalue weighted by molar-refractivity contribution is 0.143. The van der Waals surface area contributed by atoms with Gasteiger partial charge in [0.1, 0.15) is 5.75 Å². The van der Waals surface area contributed by atoms with Crippen molar-refractivity contribution in [1.29, 1.82) is 0 Å². The molecule has 2 saturated carbocycles. The normalized spacial score (nSPS) is 16.8. The molecule has 2 fully saturated rings. The zero-order valence-corrected chi connectivity index (χ0v) is 17.1. The first-order chi connectivity index (χ1) is 12.2. The summed E-state index contributed by atoms with van der Waals surface area (Å²) < 4.78 is 10.9. The van der Waals surface area contributed by atoms with Gasteiger partial charge in [0.05, 0.1) is 13.2 Å². The van der Waals surface area contributed by atoms with E-state index in [1.54, 1.807) is 0 Å². The second-order valence-corrected chi connectivity index (χ2v) is 7.13. The highest BCUT2D eigenvalue weighted by Crippen LogP contribution is 2.32. The highest BCUT2D eigenvalue weighted by atomic mass is 32.1. The molecule has 0 aliphatic heterocycles. The minimum atomic E-state index is 0.0828. The maximum Gasteiger partial charge on any atom is 0.119 e. The molecule has 1 atom stereocenters. The van der Waals surface area contributed by atoms with E-state index in [0.29, 0.717) is 0 Å². The fourth-order valence-electron chi connectivity index (χ4n) is 2.21. The summed E-state index contributed by atoms with van der Waals surface area (Å²) in [4.78, 5) is 0. The van der Waals surface area contributed by atoms with Crippen LogP contribution in [-0.2, 0) is 4.74 Å². The zero-order valence-electron chi connectivity index (χ0n) is 16.2. The first kappa shape index (κ1) is 22.3.